The molecule has 2 heterocycles. The average molecular weight is 266 g/mol. The summed E-state index contributed by atoms with van der Waals surface area (Å²) in [5, 5.41) is 0. The summed E-state index contributed by atoms with van der Waals surface area (Å²) in [7, 11) is 4.34. The van der Waals surface area contributed by atoms with Crippen LogP contribution < -0.4 is 11.3 Å². The zero-order valence-electron chi connectivity index (χ0n) is 12.2. The van der Waals surface area contributed by atoms with Gasteiger partial charge in [-0.25, -0.2) is 4.98 Å². The first-order valence-electron chi connectivity index (χ1n) is 7.00. The lowest BCUT2D eigenvalue weighted by Crippen LogP contribution is -2.60. The van der Waals surface area contributed by atoms with Gasteiger partial charge in [0.05, 0.1) is 0 Å². The molecule has 2 rings (SSSR count). The van der Waals surface area contributed by atoms with Crippen molar-refractivity contribution in [1.29, 1.82) is 0 Å². The molecule has 0 saturated carbocycles. The van der Waals surface area contributed by atoms with Crippen molar-refractivity contribution in [1.82, 2.24) is 24.8 Å². The highest BCUT2D eigenvalue weighted by Crippen LogP contribution is 2.13. The molecule has 0 amide bonds. The van der Waals surface area contributed by atoms with Crippen molar-refractivity contribution in [3.8, 4) is 0 Å². The highest BCUT2D eigenvalue weighted by Gasteiger charge is 2.30. The molecule has 1 aromatic heterocycles. The van der Waals surface area contributed by atoms with Crippen molar-refractivity contribution in [3.63, 3.8) is 0 Å². The molecule has 1 aliphatic rings. The Balaban J connectivity index is 2.06. The summed E-state index contributed by atoms with van der Waals surface area (Å²) >= 11 is 0. The first-order chi connectivity index (χ1) is 9.15. The Kier molecular flexibility index (Phi) is 4.93. The van der Waals surface area contributed by atoms with E-state index in [4.69, 9.17) is 5.84 Å². The molecule has 1 aliphatic heterocycles. The maximum Gasteiger partial charge on any atom is 0.110 e. The monoisotopic (exact) mass is 266 g/mol. The molecule has 1 aromatic rings. The summed E-state index contributed by atoms with van der Waals surface area (Å²) in [4.78, 5) is 9.20. The lowest BCUT2D eigenvalue weighted by Gasteiger charge is -2.41. The molecule has 6 nitrogen and oxygen atoms in total. The van der Waals surface area contributed by atoms with E-state index in [9.17, 15) is 0 Å². The van der Waals surface area contributed by atoms with Crippen molar-refractivity contribution in [2.75, 3.05) is 33.7 Å². The van der Waals surface area contributed by atoms with Gasteiger partial charge < -0.3 is 9.47 Å². The van der Waals surface area contributed by atoms with Gasteiger partial charge in [0.2, 0.25) is 0 Å². The minimum Gasteiger partial charge on any atom is -0.335 e. The van der Waals surface area contributed by atoms with Gasteiger partial charge in [-0.3, -0.25) is 16.2 Å². The zero-order valence-corrected chi connectivity index (χ0v) is 12.2. The van der Waals surface area contributed by atoms with Gasteiger partial charge in [0, 0.05) is 57.1 Å². The molecule has 2 unspecified atom stereocenters. The largest absolute Gasteiger partial charge is 0.335 e. The number of nitrogens with one attached hydrogen (secondary N) is 1. The third-order valence-corrected chi connectivity index (χ3v) is 4.12. The maximum absolute atomic E-state index is 5.79. The molecule has 108 valence electrons. The second kappa shape index (κ2) is 6.47. The molecule has 6 heteroatoms. The minimum absolute atomic E-state index is 0.223. The van der Waals surface area contributed by atoms with E-state index in [-0.39, 0.29) is 6.04 Å². The van der Waals surface area contributed by atoms with Crippen LogP contribution in [-0.4, -0.2) is 65.2 Å². The van der Waals surface area contributed by atoms with E-state index in [1.54, 1.807) is 0 Å². The van der Waals surface area contributed by atoms with Crippen LogP contribution in [0.2, 0.25) is 0 Å². The number of hydrazine groups is 1. The van der Waals surface area contributed by atoms with Crippen molar-refractivity contribution >= 4 is 0 Å². The third kappa shape index (κ3) is 3.33. The number of piperazine rings is 1. The van der Waals surface area contributed by atoms with Crippen molar-refractivity contribution in [2.24, 2.45) is 5.84 Å². The maximum atomic E-state index is 5.79. The predicted molar refractivity (Wildman–Crippen MR) is 76.6 cm³/mol. The van der Waals surface area contributed by atoms with E-state index in [0.29, 0.717) is 6.04 Å². The fraction of sp³-hybridized carbons (Fsp3) is 0.769. The van der Waals surface area contributed by atoms with Crippen molar-refractivity contribution < 1.29 is 0 Å². The van der Waals surface area contributed by atoms with E-state index in [1.165, 1.54) is 0 Å². The van der Waals surface area contributed by atoms with Crippen LogP contribution in [0.5, 0.6) is 0 Å². The van der Waals surface area contributed by atoms with Crippen molar-refractivity contribution in [2.45, 2.75) is 32.0 Å². The molecule has 3 N–H and O–H groups in total. The fourth-order valence-electron chi connectivity index (χ4n) is 2.80. The van der Waals surface area contributed by atoms with E-state index < -0.39 is 0 Å². The van der Waals surface area contributed by atoms with Crippen LogP contribution >= 0.6 is 0 Å². The number of aryl methyl sites for hydroxylation is 1. The van der Waals surface area contributed by atoms with Crippen LogP contribution in [0.3, 0.4) is 0 Å². The first-order valence-corrected chi connectivity index (χ1v) is 7.00. The highest BCUT2D eigenvalue weighted by molar-refractivity contribution is 4.99. The Morgan fingerprint density at radius 1 is 1.47 bits per heavy atom. The Hall–Kier alpha value is -0.950. The Morgan fingerprint density at radius 2 is 2.26 bits per heavy atom. The number of likely N-dealkylation sites (N-methyl/N-ethyl adjacent to an activating group) is 2. The standard InChI is InChI=1S/C13H26N6/c1-4-19-6-5-15-13(19)9-11(16-14)12-10-17(2)7-8-18(12)3/h5-6,11-12,16H,4,7-10,14H2,1-3H3. The molecule has 0 radical (unpaired) electrons. The molecule has 1 fully saturated rings. The van der Waals surface area contributed by atoms with Crippen LogP contribution in [0.4, 0.5) is 0 Å². The summed E-state index contributed by atoms with van der Waals surface area (Å²) in [6.45, 7) is 6.33. The molecule has 0 aromatic carbocycles. The molecule has 0 aliphatic carbocycles. The van der Waals surface area contributed by atoms with Crippen LogP contribution in [0, 0.1) is 0 Å². The van der Waals surface area contributed by atoms with E-state index in [2.05, 4.69) is 45.8 Å². The number of nitrogens with two attached hydrogens (primary N) is 1. The molecule has 2 atom stereocenters. The molecule has 0 spiro atoms. The highest BCUT2D eigenvalue weighted by atomic mass is 15.3. The van der Waals surface area contributed by atoms with Crippen molar-refractivity contribution in [3.05, 3.63) is 18.2 Å². The summed E-state index contributed by atoms with van der Waals surface area (Å²) in [5.41, 5.74) is 2.99. The lowest BCUT2D eigenvalue weighted by atomic mass is 10.0. The van der Waals surface area contributed by atoms with Crippen LogP contribution in [-0.2, 0) is 13.0 Å². The van der Waals surface area contributed by atoms with Crippen LogP contribution in [0.15, 0.2) is 12.4 Å². The number of imidazole rings is 1. The summed E-state index contributed by atoms with van der Waals surface area (Å²) in [5.74, 6) is 6.89. The number of nitrogens with zero attached hydrogens (tertiary/aromatic N) is 4. The Labute approximate surface area is 115 Å². The van der Waals surface area contributed by atoms with E-state index >= 15 is 0 Å². The SMILES string of the molecule is CCn1ccnc1CC(NN)C1CN(C)CCN1C. The number of hydrogen-bond donors (Lipinski definition) is 2. The van der Waals surface area contributed by atoms with Gasteiger partial charge in [0.25, 0.3) is 0 Å². The predicted octanol–water partition coefficient (Wildman–Crippen LogP) is -0.477. The topological polar surface area (TPSA) is 62.4 Å². The van der Waals surface area contributed by atoms with E-state index in [1.807, 2.05) is 12.4 Å². The van der Waals surface area contributed by atoms with Gasteiger partial charge in [0.1, 0.15) is 5.82 Å². The summed E-state index contributed by atoms with van der Waals surface area (Å²) in [6, 6.07) is 0.645. The third-order valence-electron chi connectivity index (χ3n) is 4.12. The minimum atomic E-state index is 0.223. The molecular weight excluding hydrogens is 240 g/mol. The van der Waals surface area contributed by atoms with Gasteiger partial charge in [-0.05, 0) is 21.0 Å². The van der Waals surface area contributed by atoms with Gasteiger partial charge in [-0.2, -0.15) is 0 Å². The average Bonchev–Trinajstić information content (AvgIpc) is 2.86. The van der Waals surface area contributed by atoms with Gasteiger partial charge >= 0.3 is 0 Å². The second-order valence-corrected chi connectivity index (χ2v) is 5.42. The Morgan fingerprint density at radius 3 is 2.95 bits per heavy atom. The fourth-order valence-corrected chi connectivity index (χ4v) is 2.80. The van der Waals surface area contributed by atoms with Crippen LogP contribution in [0.25, 0.3) is 0 Å². The molecule has 0 bridgehead atoms. The summed E-state index contributed by atoms with van der Waals surface area (Å²) < 4.78 is 2.18. The number of rotatable bonds is 5. The number of aromatic nitrogens is 2. The zero-order chi connectivity index (χ0) is 13.8. The molecular formula is C13H26N6. The second-order valence-electron chi connectivity index (χ2n) is 5.42. The summed E-state index contributed by atoms with van der Waals surface area (Å²) in [6.07, 6.45) is 4.75. The number of hydrogen-bond acceptors (Lipinski definition) is 5. The van der Waals surface area contributed by atoms with Gasteiger partial charge in [0.15, 0.2) is 0 Å². The van der Waals surface area contributed by atoms with Gasteiger partial charge in [-0.15, -0.1) is 0 Å². The van der Waals surface area contributed by atoms with E-state index in [0.717, 1.165) is 38.4 Å². The van der Waals surface area contributed by atoms with Crippen LogP contribution in [0.1, 0.15) is 12.7 Å². The smallest absolute Gasteiger partial charge is 0.110 e. The normalized spacial score (nSPS) is 23.7. The Bertz CT molecular complexity index is 390. The first kappa shape index (κ1) is 14.5. The quantitative estimate of drug-likeness (QED) is 0.557. The van der Waals surface area contributed by atoms with Gasteiger partial charge in [-0.1, -0.05) is 0 Å². The molecule has 19 heavy (non-hydrogen) atoms. The molecule has 1 saturated heterocycles. The lowest BCUT2D eigenvalue weighted by molar-refractivity contribution is 0.0869.